The number of aromatic nitrogens is 2. The predicted octanol–water partition coefficient (Wildman–Crippen LogP) is 5.70. The Hall–Kier alpha value is -2.90. The summed E-state index contributed by atoms with van der Waals surface area (Å²) in [6.45, 7) is 16.0. The summed E-state index contributed by atoms with van der Waals surface area (Å²) < 4.78 is 0. The van der Waals surface area contributed by atoms with E-state index in [1.54, 1.807) is 11.8 Å². The zero-order valence-electron chi connectivity index (χ0n) is 22.7. The largest absolute Gasteiger partial charge is 0.354 e. The third-order valence-electron chi connectivity index (χ3n) is 6.84. The van der Waals surface area contributed by atoms with Crippen LogP contribution in [0.25, 0.3) is 0 Å². The van der Waals surface area contributed by atoms with Gasteiger partial charge in [-0.3, -0.25) is 4.79 Å². The first-order valence-electron chi connectivity index (χ1n) is 13.2. The van der Waals surface area contributed by atoms with Crippen LogP contribution in [0.3, 0.4) is 0 Å². The lowest BCUT2D eigenvalue weighted by molar-refractivity contribution is 0.0940. The first-order chi connectivity index (χ1) is 17.7. The molecule has 2 heterocycles. The van der Waals surface area contributed by atoms with E-state index in [4.69, 9.17) is 9.97 Å². The minimum atomic E-state index is -0.0652. The van der Waals surface area contributed by atoms with Crippen molar-refractivity contribution in [3.63, 3.8) is 0 Å². The van der Waals surface area contributed by atoms with Gasteiger partial charge < -0.3 is 15.1 Å². The van der Waals surface area contributed by atoms with Gasteiger partial charge in [0.1, 0.15) is 5.82 Å². The van der Waals surface area contributed by atoms with Crippen LogP contribution in [0.1, 0.15) is 67.8 Å². The maximum atomic E-state index is 12.7. The second-order valence-electron chi connectivity index (χ2n) is 10.7. The quantitative estimate of drug-likeness (QED) is 0.306. The summed E-state index contributed by atoms with van der Waals surface area (Å²) in [5.41, 5.74) is 3.91. The third-order valence-corrected chi connectivity index (χ3v) is 7.75. The van der Waals surface area contributed by atoms with Crippen molar-refractivity contribution < 1.29 is 4.79 Å². The topological polar surface area (TPSA) is 61.4 Å². The Morgan fingerprint density at radius 3 is 2.30 bits per heavy atom. The zero-order valence-corrected chi connectivity index (χ0v) is 23.5. The van der Waals surface area contributed by atoms with Gasteiger partial charge in [-0.05, 0) is 36.7 Å². The first kappa shape index (κ1) is 27.1. The number of hydrogen-bond donors (Lipinski definition) is 1. The van der Waals surface area contributed by atoms with E-state index in [1.165, 1.54) is 0 Å². The molecule has 1 aromatic heterocycles. The molecule has 6 nitrogen and oxygen atoms in total. The Kier molecular flexibility index (Phi) is 8.87. The Labute approximate surface area is 225 Å². The molecule has 1 saturated heterocycles. The van der Waals surface area contributed by atoms with E-state index in [-0.39, 0.29) is 17.4 Å². The minimum absolute atomic E-state index is 0.0460. The van der Waals surface area contributed by atoms with Crippen molar-refractivity contribution in [2.24, 2.45) is 0 Å². The number of nitrogens with zero attached hydrogens (tertiary/aromatic N) is 4. The van der Waals surface area contributed by atoms with E-state index in [0.29, 0.717) is 5.56 Å². The molecule has 1 aliphatic heterocycles. The van der Waals surface area contributed by atoms with Crippen molar-refractivity contribution in [1.29, 1.82) is 0 Å². The summed E-state index contributed by atoms with van der Waals surface area (Å²) >= 11 is 1.65. The maximum absolute atomic E-state index is 12.7. The fourth-order valence-electron chi connectivity index (χ4n) is 4.32. The minimum Gasteiger partial charge on any atom is -0.354 e. The summed E-state index contributed by atoms with van der Waals surface area (Å²) in [5, 5.41) is 3.89. The van der Waals surface area contributed by atoms with E-state index in [0.717, 1.165) is 66.3 Å². The summed E-state index contributed by atoms with van der Waals surface area (Å²) in [6, 6.07) is 20.0. The second-order valence-corrected chi connectivity index (χ2v) is 11.6. The van der Waals surface area contributed by atoms with Gasteiger partial charge in [-0.1, -0.05) is 81.9 Å². The zero-order chi connectivity index (χ0) is 26.4. The Balaban J connectivity index is 1.41. The Morgan fingerprint density at radius 1 is 1.00 bits per heavy atom. The summed E-state index contributed by atoms with van der Waals surface area (Å²) in [4.78, 5) is 27.4. The monoisotopic (exact) mass is 517 g/mol. The number of amides is 1. The molecule has 1 aliphatic rings. The molecule has 1 fully saturated rings. The molecule has 37 heavy (non-hydrogen) atoms. The molecule has 0 aliphatic carbocycles. The van der Waals surface area contributed by atoms with Gasteiger partial charge in [-0.2, -0.15) is 0 Å². The normalized spacial score (nSPS) is 15.4. The standard InChI is InChI=1S/C30H39N5OS/c1-6-34-16-18-35(19-17-34)27-20-26(30(3,4)5)32-29(33-27)37-21-23-12-14-25(15-13-23)28(36)31-22(2)24-10-8-7-9-11-24/h7-15,20,22H,6,16-19,21H2,1-5H3,(H,31,36). The number of likely N-dealkylation sites (N-methyl/N-ethyl adjacent to an activating group) is 1. The lowest BCUT2D eigenvalue weighted by atomic mass is 9.92. The number of rotatable bonds is 8. The second kappa shape index (κ2) is 12.1. The van der Waals surface area contributed by atoms with Gasteiger partial charge in [0, 0.05) is 49.0 Å². The first-order valence-corrected chi connectivity index (χ1v) is 14.2. The predicted molar refractivity (Wildman–Crippen MR) is 153 cm³/mol. The Bertz CT molecular complexity index is 1170. The SMILES string of the molecule is CCN1CCN(c2cc(C(C)(C)C)nc(SCc3ccc(C(=O)NC(C)c4ccccc4)cc3)n2)CC1. The summed E-state index contributed by atoms with van der Waals surface area (Å²) in [5.74, 6) is 1.71. The lowest BCUT2D eigenvalue weighted by Crippen LogP contribution is -2.46. The van der Waals surface area contributed by atoms with Crippen molar-refractivity contribution in [3.05, 3.63) is 83.0 Å². The number of hydrogen-bond acceptors (Lipinski definition) is 6. The van der Waals surface area contributed by atoms with Crippen molar-refractivity contribution in [2.75, 3.05) is 37.6 Å². The van der Waals surface area contributed by atoms with Gasteiger partial charge in [0.25, 0.3) is 5.91 Å². The van der Waals surface area contributed by atoms with Gasteiger partial charge >= 0.3 is 0 Å². The molecule has 2 aromatic carbocycles. The van der Waals surface area contributed by atoms with Crippen LogP contribution in [0.15, 0.2) is 65.8 Å². The van der Waals surface area contributed by atoms with Crippen LogP contribution >= 0.6 is 11.8 Å². The fourth-order valence-corrected chi connectivity index (χ4v) is 5.13. The number of piperazine rings is 1. The third kappa shape index (κ3) is 7.33. The van der Waals surface area contributed by atoms with Gasteiger partial charge in [0.05, 0.1) is 11.7 Å². The van der Waals surface area contributed by atoms with E-state index in [9.17, 15) is 4.79 Å². The van der Waals surface area contributed by atoms with Gasteiger partial charge in [-0.25, -0.2) is 9.97 Å². The molecule has 0 bridgehead atoms. The summed E-state index contributed by atoms with van der Waals surface area (Å²) in [6.07, 6.45) is 0. The van der Waals surface area contributed by atoms with Crippen LogP contribution in [0.4, 0.5) is 5.82 Å². The highest BCUT2D eigenvalue weighted by Gasteiger charge is 2.22. The van der Waals surface area contributed by atoms with Crippen LogP contribution in [0, 0.1) is 0 Å². The highest BCUT2D eigenvalue weighted by atomic mass is 32.2. The molecule has 3 aromatic rings. The lowest BCUT2D eigenvalue weighted by Gasteiger charge is -2.35. The number of thioether (sulfide) groups is 1. The number of carbonyl (C=O) groups excluding carboxylic acids is 1. The van der Waals surface area contributed by atoms with Crippen molar-refractivity contribution in [2.45, 2.75) is 57.0 Å². The van der Waals surface area contributed by atoms with Crippen LogP contribution in [0.2, 0.25) is 0 Å². The van der Waals surface area contributed by atoms with Crippen molar-refractivity contribution in [1.82, 2.24) is 20.2 Å². The van der Waals surface area contributed by atoms with E-state index >= 15 is 0 Å². The smallest absolute Gasteiger partial charge is 0.251 e. The van der Waals surface area contributed by atoms with Crippen LogP contribution in [0.5, 0.6) is 0 Å². The molecule has 7 heteroatoms. The average Bonchev–Trinajstić information content (AvgIpc) is 2.92. The molecule has 1 N–H and O–H groups in total. The van der Waals surface area contributed by atoms with Crippen molar-refractivity contribution in [3.8, 4) is 0 Å². The fraction of sp³-hybridized carbons (Fsp3) is 0.433. The van der Waals surface area contributed by atoms with Crippen LogP contribution in [-0.4, -0.2) is 53.5 Å². The molecular formula is C30H39N5OS. The average molecular weight is 518 g/mol. The molecule has 0 radical (unpaired) electrons. The van der Waals surface area contributed by atoms with Gasteiger partial charge in [0.15, 0.2) is 5.16 Å². The number of benzene rings is 2. The highest BCUT2D eigenvalue weighted by Crippen LogP contribution is 2.29. The number of nitrogens with one attached hydrogen (secondary N) is 1. The summed E-state index contributed by atoms with van der Waals surface area (Å²) in [7, 11) is 0. The van der Waals surface area contributed by atoms with E-state index < -0.39 is 0 Å². The number of carbonyl (C=O) groups is 1. The molecule has 196 valence electrons. The van der Waals surface area contributed by atoms with E-state index in [1.807, 2.05) is 61.5 Å². The van der Waals surface area contributed by atoms with Gasteiger partial charge in [0.2, 0.25) is 0 Å². The molecule has 4 rings (SSSR count). The highest BCUT2D eigenvalue weighted by molar-refractivity contribution is 7.98. The molecule has 0 saturated carbocycles. The van der Waals surface area contributed by atoms with Gasteiger partial charge in [-0.15, -0.1) is 0 Å². The van der Waals surface area contributed by atoms with Crippen LogP contribution in [-0.2, 0) is 11.2 Å². The van der Waals surface area contributed by atoms with Crippen molar-refractivity contribution >= 4 is 23.5 Å². The number of anilines is 1. The molecular weight excluding hydrogens is 478 g/mol. The van der Waals surface area contributed by atoms with E-state index in [2.05, 4.69) is 48.9 Å². The molecule has 1 amide bonds. The Morgan fingerprint density at radius 2 is 1.68 bits per heavy atom. The molecule has 1 unspecified atom stereocenters. The molecule has 1 atom stereocenters. The molecule has 0 spiro atoms. The van der Waals surface area contributed by atoms with Crippen LogP contribution < -0.4 is 10.2 Å². The maximum Gasteiger partial charge on any atom is 0.251 e.